The minimum Gasteiger partial charge on any atom is -0.390 e. The first-order valence-electron chi connectivity index (χ1n) is 9.77. The number of carbonyl (C=O) groups excluding carboxylic acids is 1. The lowest BCUT2D eigenvalue weighted by Gasteiger charge is -2.09. The fraction of sp³-hybridized carbons (Fsp3) is 0.136. The van der Waals surface area contributed by atoms with E-state index in [1.807, 2.05) is 48.8 Å². The molecule has 0 spiro atoms. The average molecular weight is 446 g/mol. The van der Waals surface area contributed by atoms with Gasteiger partial charge in [0, 0.05) is 35.3 Å². The van der Waals surface area contributed by atoms with Crippen LogP contribution in [0.5, 0.6) is 0 Å². The highest BCUT2D eigenvalue weighted by Gasteiger charge is 2.16. The first-order valence-corrected chi connectivity index (χ1v) is 10.7. The number of aryl methyl sites for hydroxylation is 2. The molecule has 1 amide bonds. The molecule has 0 fully saturated rings. The number of nitrogens with zero attached hydrogens (tertiary/aromatic N) is 5. The third-order valence-corrected chi connectivity index (χ3v) is 5.93. The van der Waals surface area contributed by atoms with E-state index in [2.05, 4.69) is 25.5 Å². The number of aromatic nitrogens is 5. The molecule has 0 saturated carbocycles. The standard InChI is InChI=1S/C22H18N6O3S/c1-12-3-4-14(20-24-13(2)31-27-20)7-18(12)26-21(30)17-8-23-28-9-15(5-6-19(17)28)22-25-16(10-29)11-32-22/h3-9,11,29H,10H2,1-2H3,(H,26,30). The number of hydrogen-bond acceptors (Lipinski definition) is 8. The molecule has 0 unspecified atom stereocenters. The van der Waals surface area contributed by atoms with Crippen LogP contribution in [0.25, 0.3) is 27.5 Å². The van der Waals surface area contributed by atoms with Gasteiger partial charge in [0.1, 0.15) is 5.01 Å². The molecule has 9 nitrogen and oxygen atoms in total. The number of amides is 1. The Morgan fingerprint density at radius 2 is 2.03 bits per heavy atom. The Labute approximate surface area is 186 Å². The summed E-state index contributed by atoms with van der Waals surface area (Å²) in [5.41, 5.74) is 4.92. The van der Waals surface area contributed by atoms with Gasteiger partial charge in [-0.25, -0.2) is 9.50 Å². The van der Waals surface area contributed by atoms with E-state index in [1.54, 1.807) is 11.4 Å². The molecule has 4 aromatic heterocycles. The Balaban J connectivity index is 1.43. The highest BCUT2D eigenvalue weighted by molar-refractivity contribution is 7.13. The van der Waals surface area contributed by atoms with E-state index in [-0.39, 0.29) is 12.5 Å². The quantitative estimate of drug-likeness (QED) is 0.421. The van der Waals surface area contributed by atoms with Gasteiger partial charge in [-0.3, -0.25) is 4.79 Å². The Hall–Kier alpha value is -3.89. The molecule has 5 rings (SSSR count). The second-order valence-electron chi connectivity index (χ2n) is 7.23. The molecule has 0 aliphatic rings. The minimum atomic E-state index is -0.269. The predicted molar refractivity (Wildman–Crippen MR) is 119 cm³/mol. The zero-order valence-electron chi connectivity index (χ0n) is 17.2. The van der Waals surface area contributed by atoms with Gasteiger partial charge in [-0.15, -0.1) is 11.3 Å². The summed E-state index contributed by atoms with van der Waals surface area (Å²) < 4.78 is 6.70. The Morgan fingerprint density at radius 1 is 1.19 bits per heavy atom. The van der Waals surface area contributed by atoms with Gasteiger partial charge < -0.3 is 14.9 Å². The SMILES string of the molecule is Cc1nc(-c2ccc(C)c(NC(=O)c3cnn4cc(-c5nc(CO)cs5)ccc34)c2)no1. The fourth-order valence-electron chi connectivity index (χ4n) is 3.30. The van der Waals surface area contributed by atoms with Crippen LogP contribution in [-0.4, -0.2) is 35.8 Å². The number of nitrogens with one attached hydrogen (secondary N) is 1. The van der Waals surface area contributed by atoms with Crippen LogP contribution in [0.1, 0.15) is 27.5 Å². The number of hydrogen-bond donors (Lipinski definition) is 2. The fourth-order valence-corrected chi connectivity index (χ4v) is 4.10. The predicted octanol–water partition coefficient (Wildman–Crippen LogP) is 3.87. The summed E-state index contributed by atoms with van der Waals surface area (Å²) in [4.78, 5) is 21.7. The lowest BCUT2D eigenvalue weighted by Crippen LogP contribution is -2.12. The summed E-state index contributed by atoms with van der Waals surface area (Å²) in [6.45, 7) is 3.54. The molecule has 0 saturated heterocycles. The van der Waals surface area contributed by atoms with Crippen LogP contribution >= 0.6 is 11.3 Å². The lowest BCUT2D eigenvalue weighted by atomic mass is 10.1. The molecule has 10 heteroatoms. The van der Waals surface area contributed by atoms with Gasteiger partial charge in [-0.1, -0.05) is 17.3 Å². The van der Waals surface area contributed by atoms with Crippen molar-refractivity contribution in [1.82, 2.24) is 24.7 Å². The maximum Gasteiger partial charge on any atom is 0.259 e. The smallest absolute Gasteiger partial charge is 0.259 e. The van der Waals surface area contributed by atoms with Gasteiger partial charge in [0.2, 0.25) is 11.7 Å². The van der Waals surface area contributed by atoms with E-state index in [4.69, 9.17) is 4.52 Å². The number of rotatable bonds is 5. The molecule has 0 radical (unpaired) electrons. The molecule has 0 bridgehead atoms. The molecule has 4 heterocycles. The summed E-state index contributed by atoms with van der Waals surface area (Å²) in [5.74, 6) is 0.671. The second kappa shape index (κ2) is 7.98. The lowest BCUT2D eigenvalue weighted by molar-refractivity contribution is 0.102. The number of anilines is 1. The van der Waals surface area contributed by atoms with Crippen molar-refractivity contribution in [3.8, 4) is 22.0 Å². The van der Waals surface area contributed by atoms with Crippen LogP contribution in [0.2, 0.25) is 0 Å². The number of aliphatic hydroxyl groups is 1. The topological polar surface area (TPSA) is 118 Å². The summed E-state index contributed by atoms with van der Waals surface area (Å²) >= 11 is 1.44. The third-order valence-electron chi connectivity index (χ3n) is 4.99. The highest BCUT2D eigenvalue weighted by Crippen LogP contribution is 2.27. The molecule has 5 aromatic rings. The van der Waals surface area contributed by atoms with E-state index in [1.165, 1.54) is 17.5 Å². The molecular weight excluding hydrogens is 428 g/mol. The van der Waals surface area contributed by atoms with E-state index in [9.17, 15) is 9.90 Å². The second-order valence-corrected chi connectivity index (χ2v) is 8.09. The van der Waals surface area contributed by atoms with Crippen LogP contribution in [0.3, 0.4) is 0 Å². The van der Waals surface area contributed by atoms with Crippen LogP contribution in [0.15, 0.2) is 52.6 Å². The number of aliphatic hydroxyl groups excluding tert-OH is 1. The Bertz CT molecular complexity index is 1450. The summed E-state index contributed by atoms with van der Waals surface area (Å²) in [7, 11) is 0. The van der Waals surface area contributed by atoms with Crippen molar-refractivity contribution in [2.45, 2.75) is 20.5 Å². The number of fused-ring (bicyclic) bond motifs is 1. The van der Waals surface area contributed by atoms with Gasteiger partial charge in [-0.05, 0) is 30.7 Å². The maximum atomic E-state index is 13.0. The molecule has 32 heavy (non-hydrogen) atoms. The van der Waals surface area contributed by atoms with E-state index in [0.29, 0.717) is 34.2 Å². The summed E-state index contributed by atoms with van der Waals surface area (Å²) in [6, 6.07) is 9.32. The largest absolute Gasteiger partial charge is 0.390 e. The molecule has 160 valence electrons. The van der Waals surface area contributed by atoms with Crippen molar-refractivity contribution in [2.24, 2.45) is 0 Å². The number of carbonyl (C=O) groups is 1. The first-order chi connectivity index (χ1) is 15.5. The number of pyridine rings is 1. The van der Waals surface area contributed by atoms with Crippen molar-refractivity contribution in [1.29, 1.82) is 0 Å². The molecule has 0 atom stereocenters. The van der Waals surface area contributed by atoms with Crippen molar-refractivity contribution in [3.05, 3.63) is 70.8 Å². The average Bonchev–Trinajstić information content (AvgIpc) is 3.54. The van der Waals surface area contributed by atoms with Gasteiger partial charge >= 0.3 is 0 Å². The Morgan fingerprint density at radius 3 is 2.78 bits per heavy atom. The van der Waals surface area contributed by atoms with Crippen LogP contribution in [0, 0.1) is 13.8 Å². The first kappa shape index (κ1) is 20.0. The molecule has 1 aromatic carbocycles. The van der Waals surface area contributed by atoms with Crippen molar-refractivity contribution < 1.29 is 14.4 Å². The van der Waals surface area contributed by atoms with Crippen molar-refractivity contribution >= 4 is 28.4 Å². The van der Waals surface area contributed by atoms with Crippen LogP contribution < -0.4 is 5.32 Å². The normalized spacial score (nSPS) is 11.2. The van der Waals surface area contributed by atoms with Crippen molar-refractivity contribution in [2.75, 3.05) is 5.32 Å². The zero-order chi connectivity index (χ0) is 22.2. The number of thiazole rings is 1. The molecule has 2 N–H and O–H groups in total. The summed E-state index contributed by atoms with van der Waals surface area (Å²) in [5, 5.41) is 23.1. The Kier molecular flexibility index (Phi) is 5.00. The minimum absolute atomic E-state index is 0.0994. The van der Waals surface area contributed by atoms with Crippen molar-refractivity contribution in [3.63, 3.8) is 0 Å². The van der Waals surface area contributed by atoms with Gasteiger partial charge in [0.25, 0.3) is 5.91 Å². The van der Waals surface area contributed by atoms with Gasteiger partial charge in [0.15, 0.2) is 0 Å². The number of benzene rings is 1. The molecule has 0 aliphatic heterocycles. The summed E-state index contributed by atoms with van der Waals surface area (Å²) in [6.07, 6.45) is 3.35. The molecular formula is C22H18N6O3S. The monoisotopic (exact) mass is 446 g/mol. The highest BCUT2D eigenvalue weighted by atomic mass is 32.1. The van der Waals surface area contributed by atoms with E-state index >= 15 is 0 Å². The third kappa shape index (κ3) is 3.66. The zero-order valence-corrected chi connectivity index (χ0v) is 18.1. The van der Waals surface area contributed by atoms with E-state index in [0.717, 1.165) is 21.7 Å². The van der Waals surface area contributed by atoms with Gasteiger partial charge in [-0.2, -0.15) is 10.1 Å². The van der Waals surface area contributed by atoms with E-state index < -0.39 is 0 Å². The van der Waals surface area contributed by atoms with Crippen LogP contribution in [-0.2, 0) is 6.61 Å². The van der Waals surface area contributed by atoms with Gasteiger partial charge in [0.05, 0.1) is 29.6 Å². The maximum absolute atomic E-state index is 13.0. The van der Waals surface area contributed by atoms with Crippen LogP contribution in [0.4, 0.5) is 5.69 Å². The molecule has 0 aliphatic carbocycles.